The molecule has 0 spiro atoms. The summed E-state index contributed by atoms with van der Waals surface area (Å²) in [5, 5.41) is 0.000000000000000222. The standard InChI is InChI=1S/C5H5N.CH4N2S/c1-2-4-6-5-3-1;2-1(3)4/h1-5H;(H4,2,3,4). The van der Waals surface area contributed by atoms with Crippen LogP contribution in [0.15, 0.2) is 30.6 Å². The zero-order valence-corrected chi connectivity index (χ0v) is 6.21. The van der Waals surface area contributed by atoms with Gasteiger partial charge in [0.25, 0.3) is 0 Å². The third-order valence-electron chi connectivity index (χ3n) is 0.566. The molecule has 0 saturated heterocycles. The van der Waals surface area contributed by atoms with Crippen LogP contribution in [0.1, 0.15) is 0 Å². The molecule has 0 saturated carbocycles. The van der Waals surface area contributed by atoms with E-state index in [0.717, 1.165) is 0 Å². The summed E-state index contributed by atoms with van der Waals surface area (Å²) in [6.07, 6.45) is 3.50. The Morgan fingerprint density at radius 2 is 1.50 bits per heavy atom. The molecule has 1 aromatic rings. The zero-order valence-electron chi connectivity index (χ0n) is 5.40. The van der Waals surface area contributed by atoms with Gasteiger partial charge < -0.3 is 11.5 Å². The molecule has 0 atom stereocenters. The first-order valence-corrected chi connectivity index (χ1v) is 3.04. The first-order chi connectivity index (χ1) is 4.73. The molecule has 0 aliphatic rings. The smallest absolute Gasteiger partial charge is 0.160 e. The Morgan fingerprint density at radius 1 is 1.10 bits per heavy atom. The van der Waals surface area contributed by atoms with Crippen LogP contribution in [0, 0.1) is 0 Å². The average molecular weight is 155 g/mol. The van der Waals surface area contributed by atoms with Crippen LogP contribution >= 0.6 is 12.2 Å². The van der Waals surface area contributed by atoms with Gasteiger partial charge >= 0.3 is 0 Å². The Kier molecular flexibility index (Phi) is 5.28. The maximum atomic E-state index is 4.62. The fourth-order valence-corrected chi connectivity index (χ4v) is 0.313. The molecule has 0 fully saturated rings. The summed E-state index contributed by atoms with van der Waals surface area (Å²) in [7, 11) is 0. The van der Waals surface area contributed by atoms with E-state index in [9.17, 15) is 0 Å². The molecule has 0 aliphatic carbocycles. The summed E-state index contributed by atoms with van der Waals surface area (Å²) >= 11 is 4.09. The molecule has 1 rings (SSSR count). The molecule has 0 aromatic carbocycles. The first kappa shape index (κ1) is 8.84. The Balaban J connectivity index is 0.000000180. The number of rotatable bonds is 0. The molecule has 1 aromatic heterocycles. The van der Waals surface area contributed by atoms with Gasteiger partial charge in [0.2, 0.25) is 0 Å². The minimum atomic E-state index is 0.000000000000000222. The number of hydrogen-bond acceptors (Lipinski definition) is 2. The van der Waals surface area contributed by atoms with Crippen molar-refractivity contribution in [1.82, 2.24) is 4.98 Å². The lowest BCUT2D eigenvalue weighted by Crippen LogP contribution is -2.18. The van der Waals surface area contributed by atoms with Crippen molar-refractivity contribution >= 4 is 17.3 Å². The monoisotopic (exact) mass is 155 g/mol. The molecule has 1 heterocycles. The summed E-state index contributed by atoms with van der Waals surface area (Å²) < 4.78 is 0. The van der Waals surface area contributed by atoms with Crippen molar-refractivity contribution in [1.29, 1.82) is 0 Å². The molecule has 3 nitrogen and oxygen atoms in total. The van der Waals surface area contributed by atoms with Crippen LogP contribution in [0.25, 0.3) is 0 Å². The highest BCUT2D eigenvalue weighted by molar-refractivity contribution is 7.80. The number of thiocarbonyl (C=S) groups is 1. The van der Waals surface area contributed by atoms with Crippen LogP contribution in [0.5, 0.6) is 0 Å². The summed E-state index contributed by atoms with van der Waals surface area (Å²) in [6.45, 7) is 0. The van der Waals surface area contributed by atoms with Crippen LogP contribution in [0.2, 0.25) is 0 Å². The number of nitrogens with zero attached hydrogens (tertiary/aromatic N) is 1. The van der Waals surface area contributed by atoms with Crippen LogP contribution in [-0.4, -0.2) is 10.1 Å². The molecular formula is C6H9N3S. The lowest BCUT2D eigenvalue weighted by molar-refractivity contribution is 1.33. The predicted octanol–water partition coefficient (Wildman–Crippen LogP) is 0.270. The minimum Gasteiger partial charge on any atom is -0.377 e. The van der Waals surface area contributed by atoms with E-state index in [1.54, 1.807) is 12.4 Å². The van der Waals surface area contributed by atoms with E-state index in [1.807, 2.05) is 18.2 Å². The first-order valence-electron chi connectivity index (χ1n) is 2.63. The van der Waals surface area contributed by atoms with Crippen molar-refractivity contribution in [3.8, 4) is 0 Å². The number of pyridine rings is 1. The third-order valence-corrected chi connectivity index (χ3v) is 0.566. The highest BCUT2D eigenvalue weighted by atomic mass is 32.1. The highest BCUT2D eigenvalue weighted by Gasteiger charge is 1.58. The molecule has 54 valence electrons. The predicted molar refractivity (Wildman–Crippen MR) is 45.2 cm³/mol. The Bertz CT molecular complexity index is 145. The van der Waals surface area contributed by atoms with E-state index in [-0.39, 0.29) is 5.11 Å². The summed E-state index contributed by atoms with van der Waals surface area (Å²) in [6, 6.07) is 5.72. The van der Waals surface area contributed by atoms with E-state index < -0.39 is 0 Å². The van der Waals surface area contributed by atoms with Gasteiger partial charge in [0.1, 0.15) is 0 Å². The van der Waals surface area contributed by atoms with Crippen molar-refractivity contribution in [3.63, 3.8) is 0 Å². The average Bonchev–Trinajstić information content (AvgIpc) is 1.90. The molecule has 0 amide bonds. The fraction of sp³-hybridized carbons (Fsp3) is 0. The van der Waals surface area contributed by atoms with Gasteiger partial charge in [-0.3, -0.25) is 4.98 Å². The lowest BCUT2D eigenvalue weighted by Gasteiger charge is -1.70. The Morgan fingerprint density at radius 3 is 1.60 bits per heavy atom. The SMILES string of the molecule is NC(N)=S.c1ccncc1. The van der Waals surface area contributed by atoms with E-state index >= 15 is 0 Å². The summed E-state index contributed by atoms with van der Waals surface area (Å²) in [5.41, 5.74) is 9.24. The quantitative estimate of drug-likeness (QED) is 0.528. The number of nitrogens with two attached hydrogens (primary N) is 2. The molecule has 0 radical (unpaired) electrons. The minimum absolute atomic E-state index is 0.000000000000000222. The van der Waals surface area contributed by atoms with Crippen molar-refractivity contribution in [2.24, 2.45) is 11.5 Å². The molecule has 10 heavy (non-hydrogen) atoms. The summed E-state index contributed by atoms with van der Waals surface area (Å²) in [5.74, 6) is 0. The molecule has 4 heteroatoms. The lowest BCUT2D eigenvalue weighted by atomic mass is 10.5. The maximum absolute atomic E-state index is 4.62. The van der Waals surface area contributed by atoms with Gasteiger partial charge in [-0.25, -0.2) is 0 Å². The Hall–Kier alpha value is -1.16. The van der Waals surface area contributed by atoms with Crippen molar-refractivity contribution in [2.75, 3.05) is 0 Å². The van der Waals surface area contributed by atoms with Crippen LogP contribution in [0.4, 0.5) is 0 Å². The van der Waals surface area contributed by atoms with Gasteiger partial charge in [-0.1, -0.05) is 6.07 Å². The Labute approximate surface area is 65.1 Å². The number of hydrogen-bond donors (Lipinski definition) is 2. The second-order valence-corrected chi connectivity index (χ2v) is 1.90. The van der Waals surface area contributed by atoms with E-state index in [2.05, 4.69) is 28.7 Å². The molecule has 4 N–H and O–H groups in total. The van der Waals surface area contributed by atoms with Crippen LogP contribution < -0.4 is 11.5 Å². The number of aromatic nitrogens is 1. The van der Waals surface area contributed by atoms with Gasteiger partial charge in [0, 0.05) is 12.4 Å². The van der Waals surface area contributed by atoms with E-state index in [0.29, 0.717) is 0 Å². The maximum Gasteiger partial charge on any atom is 0.160 e. The van der Waals surface area contributed by atoms with E-state index in [4.69, 9.17) is 0 Å². The second kappa shape index (κ2) is 5.97. The van der Waals surface area contributed by atoms with Gasteiger partial charge in [-0.05, 0) is 24.4 Å². The second-order valence-electron chi connectivity index (χ2n) is 1.43. The molecular weight excluding hydrogens is 146 g/mol. The summed E-state index contributed by atoms with van der Waals surface area (Å²) in [4.78, 5) is 3.78. The van der Waals surface area contributed by atoms with Gasteiger partial charge in [-0.15, -0.1) is 0 Å². The molecule has 0 unspecified atom stereocenters. The van der Waals surface area contributed by atoms with Crippen LogP contribution in [0.3, 0.4) is 0 Å². The van der Waals surface area contributed by atoms with Gasteiger partial charge in [0.15, 0.2) is 5.11 Å². The normalized spacial score (nSPS) is 7.20. The zero-order chi connectivity index (χ0) is 7.82. The third kappa shape index (κ3) is 9.96. The van der Waals surface area contributed by atoms with Crippen molar-refractivity contribution in [2.45, 2.75) is 0 Å². The van der Waals surface area contributed by atoms with Gasteiger partial charge in [-0.2, -0.15) is 0 Å². The van der Waals surface area contributed by atoms with Gasteiger partial charge in [0.05, 0.1) is 0 Å². The van der Waals surface area contributed by atoms with Crippen molar-refractivity contribution in [3.05, 3.63) is 30.6 Å². The molecule has 0 aliphatic heterocycles. The van der Waals surface area contributed by atoms with E-state index in [1.165, 1.54) is 0 Å². The van der Waals surface area contributed by atoms with Crippen LogP contribution in [-0.2, 0) is 0 Å². The molecule has 0 bridgehead atoms. The fourth-order valence-electron chi connectivity index (χ4n) is 0.313. The van der Waals surface area contributed by atoms with Crippen molar-refractivity contribution < 1.29 is 0 Å². The highest BCUT2D eigenvalue weighted by Crippen LogP contribution is 1.73. The topological polar surface area (TPSA) is 64.9 Å². The largest absolute Gasteiger partial charge is 0.377 e.